The summed E-state index contributed by atoms with van der Waals surface area (Å²) in [7, 11) is 0. The summed E-state index contributed by atoms with van der Waals surface area (Å²) in [6.45, 7) is -0.787. The largest absolute Gasteiger partial charge is 0.508 e. The van der Waals surface area contributed by atoms with E-state index in [1.165, 1.54) is 0 Å². The monoisotopic (exact) mass is 304 g/mol. The van der Waals surface area contributed by atoms with E-state index < -0.39 is 67.2 Å². The minimum Gasteiger partial charge on any atom is -0.508 e. The fourth-order valence-electron chi connectivity index (χ4n) is 1.94. The lowest BCUT2D eigenvalue weighted by Gasteiger charge is -2.39. The normalized spacial score (nSPS) is 35.7. The summed E-state index contributed by atoms with van der Waals surface area (Å²) < 4.78 is 41.0. The van der Waals surface area contributed by atoms with Crippen molar-refractivity contribution in [2.45, 2.75) is 37.1 Å². The number of rotatable bonds is 5. The van der Waals surface area contributed by atoms with Crippen molar-refractivity contribution in [2.24, 2.45) is 0 Å². The Morgan fingerprint density at radius 3 is 2.38 bits per heavy atom. The topological polar surface area (TPSA) is 120 Å². The maximum Gasteiger partial charge on any atom is 0.186 e. The zero-order chi connectivity index (χ0) is 18.9. The third-order valence-electron chi connectivity index (χ3n) is 3.15. The number of phenols is 1. The first-order chi connectivity index (χ1) is 11.7. The summed E-state index contributed by atoms with van der Waals surface area (Å²) in [5.74, 6) is -0.742. The molecule has 2 rings (SSSR count). The Labute approximate surface area is 127 Å². The molecule has 1 aromatic carbocycles. The van der Waals surface area contributed by atoms with Crippen LogP contribution in [0.4, 0.5) is 0 Å². The number of phenolic OH excluding ortho intramolecular Hbond substituents is 1. The molecule has 0 aliphatic carbocycles. The molecule has 5 N–H and O–H groups in total. The van der Waals surface area contributed by atoms with Crippen LogP contribution in [-0.4, -0.2) is 69.5 Å². The molecule has 5 atom stereocenters. The van der Waals surface area contributed by atoms with E-state index in [1.54, 1.807) is 0 Å². The average Bonchev–Trinajstić information content (AvgIpc) is 2.61. The lowest BCUT2D eigenvalue weighted by atomic mass is 9.99. The van der Waals surface area contributed by atoms with Crippen LogP contribution >= 0.6 is 0 Å². The van der Waals surface area contributed by atoms with Gasteiger partial charge in [0, 0.05) is 0 Å². The highest BCUT2D eigenvalue weighted by Crippen LogP contribution is 2.22. The number of aliphatic hydroxyl groups is 4. The van der Waals surface area contributed by atoms with Crippen LogP contribution in [-0.2, 0) is 15.9 Å². The molecule has 1 fully saturated rings. The molecule has 1 unspecified atom stereocenters. The predicted octanol–water partition coefficient (Wildman–Crippen LogP) is -1.25. The van der Waals surface area contributed by atoms with Crippen LogP contribution in [0.25, 0.3) is 0 Å². The first-order valence-corrected chi connectivity index (χ1v) is 6.41. The van der Waals surface area contributed by atoms with Crippen LogP contribution in [0.2, 0.25) is 0 Å². The van der Waals surface area contributed by atoms with Gasteiger partial charge in [0.2, 0.25) is 0 Å². The first kappa shape index (κ1) is 11.4. The number of ether oxygens (including phenoxy) is 2. The molecule has 7 heteroatoms. The van der Waals surface area contributed by atoms with Crippen LogP contribution in [0.5, 0.6) is 5.75 Å². The van der Waals surface area contributed by atoms with Gasteiger partial charge >= 0.3 is 0 Å². The van der Waals surface area contributed by atoms with Crippen molar-refractivity contribution in [2.75, 3.05) is 13.2 Å². The molecule has 1 aliphatic heterocycles. The lowest BCUT2D eigenvalue weighted by molar-refractivity contribution is -0.300. The molecule has 0 aromatic heterocycles. The van der Waals surface area contributed by atoms with Gasteiger partial charge in [-0.25, -0.2) is 0 Å². The van der Waals surface area contributed by atoms with Crippen molar-refractivity contribution in [3.05, 3.63) is 29.7 Å². The first-order valence-electron chi connectivity index (χ1n) is 8.41. The third kappa shape index (κ3) is 3.91. The van der Waals surface area contributed by atoms with Gasteiger partial charge in [0.05, 0.1) is 18.7 Å². The summed E-state index contributed by atoms with van der Waals surface area (Å²) in [6.07, 6.45) is -7.19. The average molecular weight is 304 g/mol. The number of hydrogen-bond acceptors (Lipinski definition) is 7. The maximum atomic E-state index is 9.84. The molecule has 7 nitrogen and oxygen atoms in total. The Kier molecular flexibility index (Phi) is 3.88. The van der Waals surface area contributed by atoms with Gasteiger partial charge in [-0.15, -0.1) is 0 Å². The van der Waals surface area contributed by atoms with Gasteiger partial charge in [-0.2, -0.15) is 0 Å². The van der Waals surface area contributed by atoms with E-state index in [9.17, 15) is 20.4 Å². The van der Waals surface area contributed by atoms with Crippen molar-refractivity contribution >= 4 is 0 Å². The van der Waals surface area contributed by atoms with Crippen molar-refractivity contribution in [1.82, 2.24) is 0 Å². The Morgan fingerprint density at radius 2 is 1.76 bits per heavy atom. The fourth-order valence-corrected chi connectivity index (χ4v) is 1.94. The number of hydrogen-bond donors (Lipinski definition) is 5. The van der Waals surface area contributed by atoms with Gasteiger partial charge in [0.15, 0.2) is 6.29 Å². The molecule has 1 aromatic rings. The van der Waals surface area contributed by atoms with Gasteiger partial charge in [0.25, 0.3) is 0 Å². The third-order valence-corrected chi connectivity index (χ3v) is 3.15. The highest BCUT2D eigenvalue weighted by Gasteiger charge is 2.43. The van der Waals surface area contributed by atoms with E-state index >= 15 is 0 Å². The summed E-state index contributed by atoms with van der Waals surface area (Å²) >= 11 is 0. The second-order valence-electron chi connectivity index (χ2n) is 4.65. The number of aliphatic hydroxyl groups excluding tert-OH is 4. The van der Waals surface area contributed by atoms with Gasteiger partial charge in [-0.05, 0) is 24.1 Å². The minimum atomic E-state index is -1.58. The van der Waals surface area contributed by atoms with Crippen LogP contribution < -0.4 is 0 Å². The Hall–Kier alpha value is -1.22. The smallest absolute Gasteiger partial charge is 0.186 e. The Bertz CT molecular complexity index is 599. The standard InChI is InChI=1S/C14H20O7/c15-7-10-11(17)12(18)13(19)14(21-10)20-6-5-8-1-3-9(16)4-2-8/h1-4,10-19H,5-7H2/t10-,11-,12+,13-,14?/m1/s1/i1D,2D,3D,4D. The molecule has 21 heavy (non-hydrogen) atoms. The molecule has 0 amide bonds. The molecule has 0 radical (unpaired) electrons. The molecule has 0 bridgehead atoms. The van der Waals surface area contributed by atoms with E-state index in [0.29, 0.717) is 0 Å². The maximum absolute atomic E-state index is 9.84. The fraction of sp³-hybridized carbons (Fsp3) is 0.571. The van der Waals surface area contributed by atoms with E-state index in [-0.39, 0.29) is 18.6 Å². The summed E-state index contributed by atoms with van der Waals surface area (Å²) in [6, 6.07) is -1.94. The van der Waals surface area contributed by atoms with Gasteiger partial charge in [-0.3, -0.25) is 0 Å². The number of aromatic hydroxyl groups is 1. The molecule has 1 aliphatic rings. The summed E-state index contributed by atoms with van der Waals surface area (Å²) in [5, 5.41) is 47.8. The minimum absolute atomic E-state index is 0.0115. The molecular weight excluding hydrogens is 280 g/mol. The predicted molar refractivity (Wildman–Crippen MR) is 71.5 cm³/mol. The zero-order valence-electron chi connectivity index (χ0n) is 15.1. The van der Waals surface area contributed by atoms with E-state index in [2.05, 4.69) is 0 Å². The SMILES string of the molecule is [2H]c1c([2H])c(CCOC2O[C@H](CO)[C@@H](O)[C@H](O)[C@H]2O)c([2H])c([2H])c1O. The molecule has 1 heterocycles. The Morgan fingerprint density at radius 1 is 1.10 bits per heavy atom. The molecule has 1 saturated heterocycles. The molecule has 0 spiro atoms. The van der Waals surface area contributed by atoms with E-state index in [1.807, 2.05) is 0 Å². The van der Waals surface area contributed by atoms with E-state index in [0.717, 1.165) is 0 Å². The van der Waals surface area contributed by atoms with Crippen LogP contribution in [0.3, 0.4) is 0 Å². The molecular formula is C14H20O7. The highest BCUT2D eigenvalue weighted by molar-refractivity contribution is 5.25. The summed E-state index contributed by atoms with van der Waals surface area (Å²) in [4.78, 5) is 0. The highest BCUT2D eigenvalue weighted by atomic mass is 16.7. The quantitative estimate of drug-likeness (QED) is 0.461. The van der Waals surface area contributed by atoms with Crippen LogP contribution in [0.15, 0.2) is 24.2 Å². The van der Waals surface area contributed by atoms with Gasteiger partial charge in [-0.1, -0.05) is 12.1 Å². The van der Waals surface area contributed by atoms with Crippen molar-refractivity contribution < 1.29 is 40.5 Å². The van der Waals surface area contributed by atoms with Gasteiger partial charge < -0.3 is 35.0 Å². The summed E-state index contributed by atoms with van der Waals surface area (Å²) in [5.41, 5.74) is 0.0115. The zero-order valence-corrected chi connectivity index (χ0v) is 11.1. The Balaban J connectivity index is 2.06. The van der Waals surface area contributed by atoms with Crippen LogP contribution in [0.1, 0.15) is 11.0 Å². The van der Waals surface area contributed by atoms with Crippen molar-refractivity contribution in [3.8, 4) is 5.75 Å². The van der Waals surface area contributed by atoms with Gasteiger partial charge in [0.1, 0.15) is 30.2 Å². The lowest BCUT2D eigenvalue weighted by Crippen LogP contribution is -2.59. The van der Waals surface area contributed by atoms with Crippen molar-refractivity contribution in [1.29, 1.82) is 0 Å². The molecule has 0 saturated carbocycles. The second-order valence-corrected chi connectivity index (χ2v) is 4.65. The van der Waals surface area contributed by atoms with Crippen molar-refractivity contribution in [3.63, 3.8) is 0 Å². The van der Waals surface area contributed by atoms with Crippen LogP contribution in [0, 0.1) is 0 Å². The van der Waals surface area contributed by atoms with E-state index in [4.69, 9.17) is 20.1 Å². The number of benzene rings is 1. The second kappa shape index (κ2) is 7.17. The molecule has 118 valence electrons.